The second-order valence-corrected chi connectivity index (χ2v) is 4.58. The van der Waals surface area contributed by atoms with Crippen LogP contribution >= 0.6 is 0 Å². The van der Waals surface area contributed by atoms with Crippen LogP contribution in [0.5, 0.6) is 5.75 Å². The largest absolute Gasteiger partial charge is 0.496 e. The van der Waals surface area contributed by atoms with Gasteiger partial charge in [-0.3, -0.25) is 4.79 Å². The molecule has 0 fully saturated rings. The topological polar surface area (TPSA) is 39.2 Å². The molecule has 2 rings (SSSR count). The fourth-order valence-electron chi connectivity index (χ4n) is 2.04. The van der Waals surface area contributed by atoms with E-state index < -0.39 is 0 Å². The number of nitrogens with zero attached hydrogens (tertiary/aromatic N) is 1. The number of methoxy groups -OCH3 is 1. The minimum Gasteiger partial charge on any atom is -0.496 e. The molecule has 0 spiro atoms. The summed E-state index contributed by atoms with van der Waals surface area (Å²) >= 11 is 0. The van der Waals surface area contributed by atoms with Crippen molar-refractivity contribution in [1.29, 1.82) is 0 Å². The molecule has 1 heterocycles. The number of pyridine rings is 1. The van der Waals surface area contributed by atoms with Crippen molar-refractivity contribution < 1.29 is 9.53 Å². The minimum atomic E-state index is -0.108. The normalized spacial score (nSPS) is 10.3. The van der Waals surface area contributed by atoms with Crippen LogP contribution in [0.2, 0.25) is 0 Å². The maximum atomic E-state index is 12.5. The summed E-state index contributed by atoms with van der Waals surface area (Å²) < 4.78 is 5.38. The van der Waals surface area contributed by atoms with Crippen LogP contribution in [0.15, 0.2) is 30.3 Å². The highest BCUT2D eigenvalue weighted by Crippen LogP contribution is 2.27. The number of carbonyl (C=O) groups is 1. The summed E-state index contributed by atoms with van der Waals surface area (Å²) in [5, 5.41) is 0. The van der Waals surface area contributed by atoms with E-state index in [1.807, 2.05) is 39.0 Å². The number of hydrogen-bond donors (Lipinski definition) is 0. The molecule has 0 aliphatic rings. The SMILES string of the molecule is COc1c(C(=O)c2cccc(C)n2)ccc(C)c1C. The lowest BCUT2D eigenvalue weighted by molar-refractivity contribution is 0.103. The number of aromatic nitrogens is 1. The van der Waals surface area contributed by atoms with Gasteiger partial charge in [-0.25, -0.2) is 4.98 Å². The van der Waals surface area contributed by atoms with Crippen molar-refractivity contribution in [2.75, 3.05) is 7.11 Å². The van der Waals surface area contributed by atoms with E-state index in [2.05, 4.69) is 4.98 Å². The van der Waals surface area contributed by atoms with E-state index >= 15 is 0 Å². The zero-order chi connectivity index (χ0) is 14.0. The lowest BCUT2D eigenvalue weighted by Gasteiger charge is -2.12. The third-order valence-corrected chi connectivity index (χ3v) is 3.25. The van der Waals surface area contributed by atoms with E-state index in [0.717, 1.165) is 16.8 Å². The molecule has 1 aromatic carbocycles. The quantitative estimate of drug-likeness (QED) is 0.790. The molecule has 0 radical (unpaired) electrons. The van der Waals surface area contributed by atoms with Crippen LogP contribution in [0, 0.1) is 20.8 Å². The molecule has 0 atom stereocenters. The van der Waals surface area contributed by atoms with Gasteiger partial charge >= 0.3 is 0 Å². The van der Waals surface area contributed by atoms with E-state index in [-0.39, 0.29) is 5.78 Å². The molecule has 0 bridgehead atoms. The molecule has 98 valence electrons. The van der Waals surface area contributed by atoms with E-state index in [9.17, 15) is 4.79 Å². The first kappa shape index (κ1) is 13.3. The molecular formula is C16H17NO2. The number of hydrogen-bond acceptors (Lipinski definition) is 3. The van der Waals surface area contributed by atoms with Gasteiger partial charge in [-0.05, 0) is 50.1 Å². The molecule has 1 aromatic heterocycles. The molecule has 3 nitrogen and oxygen atoms in total. The fraction of sp³-hybridized carbons (Fsp3) is 0.250. The Kier molecular flexibility index (Phi) is 3.65. The highest BCUT2D eigenvalue weighted by atomic mass is 16.5. The number of ketones is 1. The molecule has 0 saturated heterocycles. The number of carbonyl (C=O) groups excluding carboxylic acids is 1. The average molecular weight is 255 g/mol. The van der Waals surface area contributed by atoms with Crippen molar-refractivity contribution in [3.05, 3.63) is 58.4 Å². The Hall–Kier alpha value is -2.16. The predicted octanol–water partition coefficient (Wildman–Crippen LogP) is 3.25. The van der Waals surface area contributed by atoms with Gasteiger partial charge in [-0.2, -0.15) is 0 Å². The molecule has 0 amide bonds. The Morgan fingerprint density at radius 1 is 1.11 bits per heavy atom. The third kappa shape index (κ3) is 2.50. The minimum absolute atomic E-state index is 0.108. The lowest BCUT2D eigenvalue weighted by Crippen LogP contribution is -2.08. The molecule has 0 unspecified atom stereocenters. The van der Waals surface area contributed by atoms with E-state index in [1.54, 1.807) is 19.2 Å². The Labute approximate surface area is 113 Å². The summed E-state index contributed by atoms with van der Waals surface area (Å²) in [6.45, 7) is 5.82. The first-order valence-electron chi connectivity index (χ1n) is 6.17. The van der Waals surface area contributed by atoms with Gasteiger partial charge in [0.1, 0.15) is 11.4 Å². The molecule has 0 N–H and O–H groups in total. The predicted molar refractivity (Wildman–Crippen MR) is 74.9 cm³/mol. The summed E-state index contributed by atoms with van der Waals surface area (Å²) in [5.41, 5.74) is 3.92. The molecule has 2 aromatic rings. The second-order valence-electron chi connectivity index (χ2n) is 4.58. The van der Waals surface area contributed by atoms with Crippen LogP contribution in [0.4, 0.5) is 0 Å². The van der Waals surface area contributed by atoms with Crippen molar-refractivity contribution in [2.45, 2.75) is 20.8 Å². The molecular weight excluding hydrogens is 238 g/mol. The van der Waals surface area contributed by atoms with Gasteiger partial charge in [0.05, 0.1) is 12.7 Å². The Bertz CT molecular complexity index is 633. The standard InChI is InChI=1S/C16H17NO2/c1-10-8-9-13(16(19-4)12(10)3)15(18)14-7-5-6-11(2)17-14/h5-9H,1-4H3. The third-order valence-electron chi connectivity index (χ3n) is 3.25. The monoisotopic (exact) mass is 255 g/mol. The van der Waals surface area contributed by atoms with Crippen LogP contribution in [-0.4, -0.2) is 17.9 Å². The highest BCUT2D eigenvalue weighted by Gasteiger charge is 2.18. The smallest absolute Gasteiger partial charge is 0.215 e. The first-order valence-corrected chi connectivity index (χ1v) is 6.17. The van der Waals surface area contributed by atoms with E-state index in [4.69, 9.17) is 4.74 Å². The summed E-state index contributed by atoms with van der Waals surface area (Å²) in [7, 11) is 1.59. The first-order chi connectivity index (χ1) is 9.04. The van der Waals surface area contributed by atoms with Gasteiger partial charge in [0, 0.05) is 5.69 Å². The molecule has 0 aliphatic carbocycles. The summed E-state index contributed by atoms with van der Waals surface area (Å²) in [5.74, 6) is 0.525. The van der Waals surface area contributed by atoms with Crippen molar-refractivity contribution in [3.8, 4) is 5.75 Å². The van der Waals surface area contributed by atoms with Crippen molar-refractivity contribution in [1.82, 2.24) is 4.98 Å². The van der Waals surface area contributed by atoms with Crippen LogP contribution < -0.4 is 4.74 Å². The Morgan fingerprint density at radius 2 is 1.84 bits per heavy atom. The Morgan fingerprint density at radius 3 is 2.47 bits per heavy atom. The van der Waals surface area contributed by atoms with Crippen LogP contribution in [-0.2, 0) is 0 Å². The van der Waals surface area contributed by atoms with Crippen LogP contribution in [0.25, 0.3) is 0 Å². The fourth-order valence-corrected chi connectivity index (χ4v) is 2.04. The van der Waals surface area contributed by atoms with Gasteiger partial charge in [-0.15, -0.1) is 0 Å². The highest BCUT2D eigenvalue weighted by molar-refractivity contribution is 6.09. The summed E-state index contributed by atoms with van der Waals surface area (Å²) in [6, 6.07) is 9.16. The van der Waals surface area contributed by atoms with Gasteiger partial charge in [0.2, 0.25) is 5.78 Å². The van der Waals surface area contributed by atoms with Crippen molar-refractivity contribution in [3.63, 3.8) is 0 Å². The Balaban J connectivity index is 2.53. The summed E-state index contributed by atoms with van der Waals surface area (Å²) in [6.07, 6.45) is 0. The zero-order valence-electron chi connectivity index (χ0n) is 11.7. The van der Waals surface area contributed by atoms with Gasteiger partial charge < -0.3 is 4.74 Å². The maximum Gasteiger partial charge on any atom is 0.215 e. The number of aryl methyl sites for hydroxylation is 2. The van der Waals surface area contributed by atoms with Crippen LogP contribution in [0.3, 0.4) is 0 Å². The molecule has 19 heavy (non-hydrogen) atoms. The molecule has 3 heteroatoms. The number of ether oxygens (including phenoxy) is 1. The second kappa shape index (κ2) is 5.22. The van der Waals surface area contributed by atoms with Crippen LogP contribution in [0.1, 0.15) is 32.9 Å². The molecule has 0 aliphatic heterocycles. The van der Waals surface area contributed by atoms with E-state index in [0.29, 0.717) is 17.0 Å². The zero-order valence-corrected chi connectivity index (χ0v) is 11.7. The summed E-state index contributed by atoms with van der Waals surface area (Å²) in [4.78, 5) is 16.8. The number of benzene rings is 1. The average Bonchev–Trinajstić information content (AvgIpc) is 2.41. The van der Waals surface area contributed by atoms with E-state index in [1.165, 1.54) is 0 Å². The van der Waals surface area contributed by atoms with Gasteiger partial charge in [-0.1, -0.05) is 12.1 Å². The van der Waals surface area contributed by atoms with Crippen molar-refractivity contribution in [2.24, 2.45) is 0 Å². The molecule has 0 saturated carbocycles. The van der Waals surface area contributed by atoms with Crippen molar-refractivity contribution >= 4 is 5.78 Å². The van der Waals surface area contributed by atoms with Gasteiger partial charge in [0.25, 0.3) is 0 Å². The lowest BCUT2D eigenvalue weighted by atomic mass is 10.00. The van der Waals surface area contributed by atoms with Gasteiger partial charge in [0.15, 0.2) is 0 Å². The number of rotatable bonds is 3. The maximum absolute atomic E-state index is 12.5.